The molecule has 0 bridgehead atoms. The summed E-state index contributed by atoms with van der Waals surface area (Å²) in [6.45, 7) is 5.76. The number of hydrogen-bond donors (Lipinski definition) is 3. The van der Waals surface area contributed by atoms with Crippen LogP contribution in [0.5, 0.6) is 5.75 Å². The van der Waals surface area contributed by atoms with E-state index in [0.29, 0.717) is 29.0 Å². The van der Waals surface area contributed by atoms with Gasteiger partial charge in [0.15, 0.2) is 11.6 Å². The molecule has 2 aromatic heterocycles. The van der Waals surface area contributed by atoms with Crippen LogP contribution in [0.1, 0.15) is 35.2 Å². The summed E-state index contributed by atoms with van der Waals surface area (Å²) in [5.74, 6) is 0.803. The number of nitrogens with one attached hydrogen (secondary N) is 1. The standard InChI is InChI=1S/C12H17N5O3S/c1-5(2)19-9-8(13)10(11(14)18)21-12(9)15-4-7-16-6(3)17-20-7/h5,15H,4,13H2,1-3H3,(H2,14,18). The van der Waals surface area contributed by atoms with Crippen LogP contribution in [0.2, 0.25) is 0 Å². The number of thiophene rings is 1. The van der Waals surface area contributed by atoms with E-state index in [1.807, 2.05) is 13.8 Å². The van der Waals surface area contributed by atoms with Crippen LogP contribution >= 0.6 is 11.3 Å². The average Bonchev–Trinajstić information content (AvgIpc) is 2.93. The van der Waals surface area contributed by atoms with Crippen LogP contribution in [0.25, 0.3) is 0 Å². The Kier molecular flexibility index (Phi) is 4.32. The number of rotatable bonds is 6. The molecule has 21 heavy (non-hydrogen) atoms. The van der Waals surface area contributed by atoms with Crippen molar-refractivity contribution in [1.29, 1.82) is 0 Å². The van der Waals surface area contributed by atoms with E-state index in [1.54, 1.807) is 6.92 Å². The van der Waals surface area contributed by atoms with E-state index in [4.69, 9.17) is 20.7 Å². The molecule has 2 heterocycles. The Hall–Kier alpha value is -2.29. The molecule has 8 nitrogen and oxygen atoms in total. The molecule has 2 rings (SSSR count). The number of nitrogens with zero attached hydrogens (tertiary/aromatic N) is 2. The molecule has 0 saturated carbocycles. The maximum Gasteiger partial charge on any atom is 0.261 e. The quantitative estimate of drug-likeness (QED) is 0.737. The summed E-state index contributed by atoms with van der Waals surface area (Å²) in [5.41, 5.74) is 11.5. The molecule has 0 saturated heterocycles. The predicted octanol–water partition coefficient (Wildman–Crippen LogP) is 1.52. The number of anilines is 2. The Labute approximate surface area is 125 Å². The fourth-order valence-electron chi connectivity index (χ4n) is 1.65. The van der Waals surface area contributed by atoms with E-state index in [0.717, 1.165) is 11.3 Å². The van der Waals surface area contributed by atoms with E-state index >= 15 is 0 Å². The first-order valence-electron chi connectivity index (χ1n) is 6.30. The number of hydrogen-bond acceptors (Lipinski definition) is 8. The van der Waals surface area contributed by atoms with Crippen LogP contribution in [0.15, 0.2) is 4.52 Å². The second-order valence-electron chi connectivity index (χ2n) is 4.62. The molecule has 5 N–H and O–H groups in total. The number of amides is 1. The van der Waals surface area contributed by atoms with Crippen molar-refractivity contribution in [2.75, 3.05) is 11.1 Å². The van der Waals surface area contributed by atoms with Crippen molar-refractivity contribution in [3.8, 4) is 5.75 Å². The third-order valence-electron chi connectivity index (χ3n) is 2.45. The highest BCUT2D eigenvalue weighted by Crippen LogP contribution is 2.43. The molecule has 0 radical (unpaired) electrons. The summed E-state index contributed by atoms with van der Waals surface area (Å²) in [4.78, 5) is 15.7. The fraction of sp³-hybridized carbons (Fsp3) is 0.417. The normalized spacial score (nSPS) is 10.9. The van der Waals surface area contributed by atoms with Crippen molar-refractivity contribution in [3.05, 3.63) is 16.6 Å². The van der Waals surface area contributed by atoms with Gasteiger partial charge in [-0.05, 0) is 20.8 Å². The molecule has 0 fully saturated rings. The Morgan fingerprint density at radius 2 is 2.24 bits per heavy atom. The molecule has 114 valence electrons. The maximum absolute atomic E-state index is 11.4. The van der Waals surface area contributed by atoms with Crippen molar-refractivity contribution in [2.24, 2.45) is 5.73 Å². The molecule has 0 atom stereocenters. The predicted molar refractivity (Wildman–Crippen MR) is 79.4 cm³/mol. The molecule has 1 amide bonds. The number of aromatic nitrogens is 2. The first-order chi connectivity index (χ1) is 9.88. The minimum Gasteiger partial charge on any atom is -0.486 e. The number of nitrogens with two attached hydrogens (primary N) is 2. The lowest BCUT2D eigenvalue weighted by Gasteiger charge is -2.11. The minimum atomic E-state index is -0.590. The van der Waals surface area contributed by atoms with Gasteiger partial charge in [0.05, 0.1) is 12.6 Å². The summed E-state index contributed by atoms with van der Waals surface area (Å²) < 4.78 is 10.7. The Morgan fingerprint density at radius 3 is 2.76 bits per heavy atom. The largest absolute Gasteiger partial charge is 0.486 e. The highest BCUT2D eigenvalue weighted by atomic mass is 32.1. The van der Waals surface area contributed by atoms with Crippen molar-refractivity contribution < 1.29 is 14.1 Å². The molecular weight excluding hydrogens is 294 g/mol. The lowest BCUT2D eigenvalue weighted by atomic mass is 10.3. The highest BCUT2D eigenvalue weighted by molar-refractivity contribution is 7.19. The SMILES string of the molecule is Cc1noc(CNc2sc(C(N)=O)c(N)c2OC(C)C)n1. The van der Waals surface area contributed by atoms with E-state index in [2.05, 4.69) is 15.5 Å². The molecule has 0 aromatic carbocycles. The molecule has 0 unspecified atom stereocenters. The number of nitrogen functional groups attached to an aromatic ring is 1. The van der Waals surface area contributed by atoms with E-state index in [1.165, 1.54) is 0 Å². The van der Waals surface area contributed by atoms with E-state index < -0.39 is 5.91 Å². The van der Waals surface area contributed by atoms with Gasteiger partial charge in [0, 0.05) is 0 Å². The molecule has 0 aliphatic heterocycles. The van der Waals surface area contributed by atoms with Gasteiger partial charge in [-0.15, -0.1) is 11.3 Å². The van der Waals surface area contributed by atoms with Crippen molar-refractivity contribution in [2.45, 2.75) is 33.4 Å². The molecule has 0 aliphatic rings. The van der Waals surface area contributed by atoms with Crippen LogP contribution in [-0.4, -0.2) is 22.2 Å². The molecule has 0 spiro atoms. The number of carbonyl (C=O) groups excluding carboxylic acids is 1. The molecular formula is C12H17N5O3S. The molecule has 0 aliphatic carbocycles. The fourth-order valence-corrected chi connectivity index (χ4v) is 2.55. The zero-order chi connectivity index (χ0) is 15.6. The maximum atomic E-state index is 11.4. The van der Waals surface area contributed by atoms with Gasteiger partial charge < -0.3 is 26.0 Å². The monoisotopic (exact) mass is 311 g/mol. The first-order valence-corrected chi connectivity index (χ1v) is 7.12. The second kappa shape index (κ2) is 6.00. The number of ether oxygens (including phenoxy) is 1. The Morgan fingerprint density at radius 1 is 1.52 bits per heavy atom. The number of primary amides is 1. The van der Waals surface area contributed by atoms with Crippen molar-refractivity contribution in [1.82, 2.24) is 10.1 Å². The van der Waals surface area contributed by atoms with Gasteiger partial charge in [0.25, 0.3) is 5.91 Å². The minimum absolute atomic E-state index is 0.0891. The lowest BCUT2D eigenvalue weighted by Crippen LogP contribution is -2.12. The van der Waals surface area contributed by atoms with Gasteiger partial charge in [-0.2, -0.15) is 4.98 Å². The van der Waals surface area contributed by atoms with Gasteiger partial charge in [0.2, 0.25) is 5.89 Å². The van der Waals surface area contributed by atoms with Gasteiger partial charge in [-0.3, -0.25) is 4.79 Å². The summed E-state index contributed by atoms with van der Waals surface area (Å²) >= 11 is 1.14. The smallest absolute Gasteiger partial charge is 0.261 e. The number of carbonyl (C=O) groups is 1. The van der Waals surface area contributed by atoms with Crippen LogP contribution in [-0.2, 0) is 6.54 Å². The van der Waals surface area contributed by atoms with Crippen molar-refractivity contribution in [3.63, 3.8) is 0 Å². The topological polar surface area (TPSA) is 129 Å². The second-order valence-corrected chi connectivity index (χ2v) is 5.64. The van der Waals surface area contributed by atoms with E-state index in [9.17, 15) is 4.79 Å². The first kappa shape index (κ1) is 15.1. The van der Waals surface area contributed by atoms with Gasteiger partial charge in [-0.25, -0.2) is 0 Å². The third kappa shape index (κ3) is 3.43. The summed E-state index contributed by atoms with van der Waals surface area (Å²) in [6.07, 6.45) is -0.0891. The van der Waals surface area contributed by atoms with Crippen LogP contribution in [0.3, 0.4) is 0 Å². The third-order valence-corrected chi connectivity index (χ3v) is 3.61. The Bertz CT molecular complexity index is 649. The van der Waals surface area contributed by atoms with Gasteiger partial charge in [0.1, 0.15) is 15.6 Å². The van der Waals surface area contributed by atoms with Crippen molar-refractivity contribution >= 4 is 27.9 Å². The molecule has 9 heteroatoms. The Balaban J connectivity index is 2.24. The summed E-state index contributed by atoms with van der Waals surface area (Å²) in [7, 11) is 0. The summed E-state index contributed by atoms with van der Waals surface area (Å²) in [5, 5.41) is 7.37. The number of aryl methyl sites for hydroxylation is 1. The average molecular weight is 311 g/mol. The van der Waals surface area contributed by atoms with E-state index in [-0.39, 0.29) is 16.7 Å². The zero-order valence-electron chi connectivity index (χ0n) is 12.0. The highest BCUT2D eigenvalue weighted by Gasteiger charge is 2.22. The van der Waals surface area contributed by atoms with Crippen LogP contribution < -0.4 is 21.5 Å². The van der Waals surface area contributed by atoms with Crippen LogP contribution in [0.4, 0.5) is 10.7 Å². The van der Waals surface area contributed by atoms with Gasteiger partial charge in [-0.1, -0.05) is 5.16 Å². The van der Waals surface area contributed by atoms with Gasteiger partial charge >= 0.3 is 0 Å². The molecule has 2 aromatic rings. The zero-order valence-corrected chi connectivity index (χ0v) is 12.8. The van der Waals surface area contributed by atoms with Crippen LogP contribution in [0, 0.1) is 6.92 Å². The summed E-state index contributed by atoms with van der Waals surface area (Å²) in [6, 6.07) is 0. The lowest BCUT2D eigenvalue weighted by molar-refractivity contribution is 0.100.